The zero-order valence-corrected chi connectivity index (χ0v) is 12.2. The predicted molar refractivity (Wildman–Crippen MR) is 78.9 cm³/mol. The molecule has 2 aromatic rings. The molecule has 0 saturated heterocycles. The number of ketones is 1. The molecule has 3 rings (SSSR count). The highest BCUT2D eigenvalue weighted by Crippen LogP contribution is 2.28. The Morgan fingerprint density at radius 2 is 2.10 bits per heavy atom. The van der Waals surface area contributed by atoms with Gasteiger partial charge in [0, 0.05) is 11.8 Å². The molecule has 1 aromatic carbocycles. The van der Waals surface area contributed by atoms with Gasteiger partial charge in [-0.3, -0.25) is 9.48 Å². The maximum atomic E-state index is 13.5. The lowest BCUT2D eigenvalue weighted by molar-refractivity contribution is 0.0991. The number of benzene rings is 1. The van der Waals surface area contributed by atoms with E-state index in [1.807, 2.05) is 16.9 Å². The van der Waals surface area contributed by atoms with E-state index in [0.29, 0.717) is 17.2 Å². The molecule has 1 aliphatic rings. The zero-order valence-electron chi connectivity index (χ0n) is 12.2. The molecular formula is C17H19FN2O. The van der Waals surface area contributed by atoms with Gasteiger partial charge in [-0.2, -0.15) is 5.10 Å². The van der Waals surface area contributed by atoms with Crippen LogP contribution >= 0.6 is 0 Å². The van der Waals surface area contributed by atoms with Crippen molar-refractivity contribution in [3.63, 3.8) is 0 Å². The van der Waals surface area contributed by atoms with Crippen LogP contribution in [-0.4, -0.2) is 15.6 Å². The number of aromatic nitrogens is 2. The van der Waals surface area contributed by atoms with Crippen molar-refractivity contribution in [3.8, 4) is 0 Å². The van der Waals surface area contributed by atoms with Crippen LogP contribution in [-0.2, 0) is 6.42 Å². The summed E-state index contributed by atoms with van der Waals surface area (Å²) in [5.74, 6) is -0.428. The van der Waals surface area contributed by atoms with E-state index in [1.54, 1.807) is 19.1 Å². The summed E-state index contributed by atoms with van der Waals surface area (Å²) in [5, 5.41) is 4.50. The van der Waals surface area contributed by atoms with Crippen molar-refractivity contribution in [1.82, 2.24) is 9.78 Å². The summed E-state index contributed by atoms with van der Waals surface area (Å²) in [6, 6.07) is 6.99. The van der Waals surface area contributed by atoms with E-state index in [0.717, 1.165) is 18.5 Å². The first-order valence-corrected chi connectivity index (χ1v) is 7.47. The lowest BCUT2D eigenvalue weighted by Crippen LogP contribution is -2.08. The van der Waals surface area contributed by atoms with Crippen molar-refractivity contribution in [2.45, 2.75) is 45.1 Å². The predicted octanol–water partition coefficient (Wildman–Crippen LogP) is 3.87. The van der Waals surface area contributed by atoms with E-state index in [4.69, 9.17) is 0 Å². The fourth-order valence-electron chi connectivity index (χ4n) is 2.88. The van der Waals surface area contributed by atoms with E-state index >= 15 is 0 Å². The molecule has 1 aromatic heterocycles. The average Bonchev–Trinajstić information content (AvgIpc) is 3.12. The molecule has 3 nitrogen and oxygen atoms in total. The highest BCUT2D eigenvalue weighted by molar-refractivity contribution is 5.97. The Labute approximate surface area is 123 Å². The molecule has 1 saturated carbocycles. The Morgan fingerprint density at radius 3 is 2.81 bits per heavy atom. The molecule has 21 heavy (non-hydrogen) atoms. The molecule has 0 bridgehead atoms. The van der Waals surface area contributed by atoms with Gasteiger partial charge in [-0.15, -0.1) is 0 Å². The maximum absolute atomic E-state index is 13.5. The third kappa shape index (κ3) is 3.04. The lowest BCUT2D eigenvalue weighted by Gasteiger charge is -2.08. The van der Waals surface area contributed by atoms with Crippen LogP contribution in [0.2, 0.25) is 0 Å². The first kappa shape index (κ1) is 14.0. The molecular weight excluding hydrogens is 267 g/mol. The molecule has 110 valence electrons. The highest BCUT2D eigenvalue weighted by atomic mass is 19.1. The van der Waals surface area contributed by atoms with Gasteiger partial charge in [0.05, 0.1) is 18.2 Å². The Hall–Kier alpha value is -1.97. The summed E-state index contributed by atoms with van der Waals surface area (Å²) in [6.07, 6.45) is 7.01. The summed E-state index contributed by atoms with van der Waals surface area (Å²) in [5.41, 5.74) is 1.72. The number of halogens is 1. The van der Waals surface area contributed by atoms with Crippen molar-refractivity contribution in [3.05, 3.63) is 53.1 Å². The topological polar surface area (TPSA) is 34.9 Å². The number of rotatable bonds is 4. The normalized spacial score (nSPS) is 15.5. The van der Waals surface area contributed by atoms with Crippen LogP contribution in [0.4, 0.5) is 4.39 Å². The second-order valence-electron chi connectivity index (χ2n) is 5.79. The quantitative estimate of drug-likeness (QED) is 0.800. The largest absolute Gasteiger partial charge is 0.294 e. The summed E-state index contributed by atoms with van der Waals surface area (Å²) in [6.45, 7) is 1.69. The van der Waals surface area contributed by atoms with E-state index in [2.05, 4.69) is 5.10 Å². The van der Waals surface area contributed by atoms with Gasteiger partial charge in [-0.05, 0) is 37.5 Å². The van der Waals surface area contributed by atoms with Crippen LogP contribution in [0.1, 0.15) is 53.3 Å². The van der Waals surface area contributed by atoms with Gasteiger partial charge in [0.15, 0.2) is 5.78 Å². The van der Waals surface area contributed by atoms with Crippen molar-refractivity contribution >= 4 is 5.78 Å². The van der Waals surface area contributed by atoms with E-state index in [-0.39, 0.29) is 18.0 Å². The van der Waals surface area contributed by atoms with Crippen molar-refractivity contribution in [2.24, 2.45) is 0 Å². The average molecular weight is 286 g/mol. The lowest BCUT2D eigenvalue weighted by atomic mass is 10.0. The van der Waals surface area contributed by atoms with Gasteiger partial charge in [0.2, 0.25) is 0 Å². The number of nitrogens with zero attached hydrogens (tertiary/aromatic N) is 2. The van der Waals surface area contributed by atoms with Gasteiger partial charge in [-0.1, -0.05) is 25.0 Å². The standard InChI is InChI=1S/C17H19FN2O/c1-12-6-7-13(10-16(12)18)17(21)11-14-8-9-20(19-14)15-4-2-3-5-15/h6-10,15H,2-5,11H2,1H3. The van der Waals surface area contributed by atoms with Crippen molar-refractivity contribution < 1.29 is 9.18 Å². The second kappa shape index (κ2) is 5.80. The smallest absolute Gasteiger partial charge is 0.168 e. The SMILES string of the molecule is Cc1ccc(C(=O)Cc2ccn(C3CCCC3)n2)cc1F. The van der Waals surface area contributed by atoms with Crippen LogP contribution in [0.25, 0.3) is 0 Å². The molecule has 0 atom stereocenters. The van der Waals surface area contributed by atoms with E-state index in [1.165, 1.54) is 18.9 Å². The minimum Gasteiger partial charge on any atom is -0.294 e. The van der Waals surface area contributed by atoms with Crippen LogP contribution < -0.4 is 0 Å². The molecule has 0 unspecified atom stereocenters. The minimum absolute atomic E-state index is 0.0921. The Kier molecular flexibility index (Phi) is 3.86. The van der Waals surface area contributed by atoms with Crippen molar-refractivity contribution in [2.75, 3.05) is 0 Å². The summed E-state index contributed by atoms with van der Waals surface area (Å²) in [4.78, 5) is 12.2. The van der Waals surface area contributed by atoms with Gasteiger partial charge in [0.1, 0.15) is 5.82 Å². The van der Waals surface area contributed by atoms with Crippen LogP contribution in [0.15, 0.2) is 30.5 Å². The molecule has 0 spiro atoms. The number of carbonyl (C=O) groups excluding carboxylic acids is 1. The van der Waals surface area contributed by atoms with Crippen molar-refractivity contribution in [1.29, 1.82) is 0 Å². The summed E-state index contributed by atoms with van der Waals surface area (Å²) in [7, 11) is 0. The third-order valence-corrected chi connectivity index (χ3v) is 4.20. The number of aryl methyl sites for hydroxylation is 1. The molecule has 1 heterocycles. The number of Topliss-reactive ketones (excluding diaryl/α,β-unsaturated/α-hetero) is 1. The first-order chi connectivity index (χ1) is 10.1. The van der Waals surface area contributed by atoms with Crippen LogP contribution in [0.3, 0.4) is 0 Å². The Balaban J connectivity index is 1.70. The van der Waals surface area contributed by atoms with Crippen LogP contribution in [0.5, 0.6) is 0 Å². The molecule has 4 heteroatoms. The minimum atomic E-state index is -0.336. The second-order valence-corrected chi connectivity index (χ2v) is 5.79. The van der Waals surface area contributed by atoms with Crippen LogP contribution in [0, 0.1) is 12.7 Å². The van der Waals surface area contributed by atoms with E-state index < -0.39 is 0 Å². The monoisotopic (exact) mass is 286 g/mol. The maximum Gasteiger partial charge on any atom is 0.168 e. The molecule has 1 aliphatic carbocycles. The van der Waals surface area contributed by atoms with Gasteiger partial charge in [0.25, 0.3) is 0 Å². The molecule has 0 amide bonds. The fraction of sp³-hybridized carbons (Fsp3) is 0.412. The first-order valence-electron chi connectivity index (χ1n) is 7.47. The van der Waals surface area contributed by atoms with Gasteiger partial charge in [-0.25, -0.2) is 4.39 Å². The third-order valence-electron chi connectivity index (χ3n) is 4.20. The highest BCUT2D eigenvalue weighted by Gasteiger charge is 2.18. The van der Waals surface area contributed by atoms with Gasteiger partial charge >= 0.3 is 0 Å². The summed E-state index contributed by atoms with van der Waals surface area (Å²) < 4.78 is 15.5. The summed E-state index contributed by atoms with van der Waals surface area (Å²) >= 11 is 0. The van der Waals surface area contributed by atoms with E-state index in [9.17, 15) is 9.18 Å². The number of hydrogen-bond donors (Lipinski definition) is 0. The number of hydrogen-bond acceptors (Lipinski definition) is 2. The molecule has 0 radical (unpaired) electrons. The van der Waals surface area contributed by atoms with Gasteiger partial charge < -0.3 is 0 Å². The number of carbonyl (C=O) groups is 1. The Morgan fingerprint density at radius 1 is 1.33 bits per heavy atom. The molecule has 0 aliphatic heterocycles. The fourth-order valence-corrected chi connectivity index (χ4v) is 2.88. The zero-order chi connectivity index (χ0) is 14.8. The molecule has 1 fully saturated rings. The molecule has 0 N–H and O–H groups in total. The Bertz CT molecular complexity index is 657.